The highest BCUT2D eigenvalue weighted by atomic mass is 32.2. The third kappa shape index (κ3) is 4.42. The Hall–Kier alpha value is -3.79. The molecule has 4 rings (SSSR count). The van der Waals surface area contributed by atoms with Gasteiger partial charge in [0.2, 0.25) is 5.88 Å². The van der Waals surface area contributed by atoms with Crippen molar-refractivity contribution in [2.75, 3.05) is 7.11 Å². The number of carbonyl (C=O) groups is 1. The van der Waals surface area contributed by atoms with Gasteiger partial charge < -0.3 is 19.1 Å². The number of nitrogens with zero attached hydrogens (tertiary/aromatic N) is 3. The Bertz CT molecular complexity index is 1420. The molecule has 0 fully saturated rings. The predicted molar refractivity (Wildman–Crippen MR) is 122 cm³/mol. The number of carboxylic acid groups (broad SMARTS) is 1. The number of hydrogen-bond acceptors (Lipinski definition) is 6. The third-order valence-electron chi connectivity index (χ3n) is 4.96. The van der Waals surface area contributed by atoms with Crippen LogP contribution < -0.4 is 9.47 Å². The number of rotatable bonds is 8. The van der Waals surface area contributed by atoms with Gasteiger partial charge in [-0.05, 0) is 50.2 Å². The average molecular weight is 470 g/mol. The first-order chi connectivity index (χ1) is 15.7. The van der Waals surface area contributed by atoms with Crippen LogP contribution in [0.1, 0.15) is 13.8 Å². The van der Waals surface area contributed by atoms with E-state index in [1.807, 2.05) is 13.8 Å². The van der Waals surface area contributed by atoms with Crippen molar-refractivity contribution in [1.29, 1.82) is 0 Å². The molecule has 0 aliphatic heterocycles. The van der Waals surface area contributed by atoms with E-state index in [0.29, 0.717) is 33.8 Å². The normalized spacial score (nSPS) is 11.8. The molecule has 10 heteroatoms. The molecule has 0 saturated heterocycles. The fourth-order valence-corrected chi connectivity index (χ4v) is 4.72. The Balaban J connectivity index is 1.73. The van der Waals surface area contributed by atoms with Crippen LogP contribution >= 0.6 is 0 Å². The fourth-order valence-electron chi connectivity index (χ4n) is 3.53. The van der Waals surface area contributed by atoms with Crippen molar-refractivity contribution in [2.45, 2.75) is 31.4 Å². The molecule has 0 unspecified atom stereocenters. The van der Waals surface area contributed by atoms with Gasteiger partial charge in [0.05, 0.1) is 18.1 Å². The van der Waals surface area contributed by atoms with Crippen LogP contribution in [-0.2, 0) is 21.4 Å². The molecule has 3 heterocycles. The molecular formula is C23H23N3O6S. The molecule has 0 atom stereocenters. The highest BCUT2D eigenvalue weighted by Gasteiger charge is 2.20. The largest absolute Gasteiger partial charge is 0.491 e. The molecule has 33 heavy (non-hydrogen) atoms. The molecule has 4 aromatic rings. The number of aromatic nitrogens is 3. The molecule has 3 aromatic heterocycles. The SMILES string of the molecule is COc1ccc2c(-c3ccn(S(=O)(=O)c4ccc(OC(C)C)cc4)c3)cn(CC(=O)O)c2n1. The summed E-state index contributed by atoms with van der Waals surface area (Å²) in [4.78, 5) is 15.8. The van der Waals surface area contributed by atoms with Gasteiger partial charge in [-0.15, -0.1) is 0 Å². The quantitative estimate of drug-likeness (QED) is 0.419. The van der Waals surface area contributed by atoms with Crippen molar-refractivity contribution in [3.8, 4) is 22.8 Å². The van der Waals surface area contributed by atoms with Gasteiger partial charge in [-0.2, -0.15) is 4.98 Å². The highest BCUT2D eigenvalue weighted by molar-refractivity contribution is 7.90. The fraction of sp³-hybridized carbons (Fsp3) is 0.217. The number of benzene rings is 1. The Morgan fingerprint density at radius 2 is 1.82 bits per heavy atom. The Labute approximate surface area is 190 Å². The maximum absolute atomic E-state index is 13.1. The number of pyridine rings is 1. The molecule has 172 valence electrons. The smallest absolute Gasteiger partial charge is 0.323 e. The first kappa shape index (κ1) is 22.4. The predicted octanol–water partition coefficient (Wildman–Crippen LogP) is 3.62. The zero-order chi connectivity index (χ0) is 23.8. The number of fused-ring (bicyclic) bond motifs is 1. The molecule has 0 bridgehead atoms. The molecule has 0 aliphatic rings. The molecule has 0 spiro atoms. The van der Waals surface area contributed by atoms with Gasteiger partial charge in [0, 0.05) is 41.2 Å². The summed E-state index contributed by atoms with van der Waals surface area (Å²) < 4.78 is 39.6. The molecular weight excluding hydrogens is 446 g/mol. The topological polar surface area (TPSA) is 113 Å². The van der Waals surface area contributed by atoms with Crippen LogP contribution in [0.3, 0.4) is 0 Å². The minimum atomic E-state index is -3.82. The Kier molecular flexibility index (Phi) is 5.86. The molecule has 1 N–H and O–H groups in total. The number of aliphatic carboxylic acids is 1. The van der Waals surface area contributed by atoms with Gasteiger partial charge >= 0.3 is 5.97 Å². The van der Waals surface area contributed by atoms with E-state index in [-0.39, 0.29) is 17.5 Å². The van der Waals surface area contributed by atoms with Crippen molar-refractivity contribution in [1.82, 2.24) is 13.5 Å². The van der Waals surface area contributed by atoms with Crippen LogP contribution in [0.2, 0.25) is 0 Å². The number of hydrogen-bond donors (Lipinski definition) is 1. The van der Waals surface area contributed by atoms with Gasteiger partial charge in [-0.25, -0.2) is 12.4 Å². The van der Waals surface area contributed by atoms with Crippen LogP contribution in [0.15, 0.2) is 66.0 Å². The second-order valence-corrected chi connectivity index (χ2v) is 9.51. The minimum absolute atomic E-state index is 0.0165. The van der Waals surface area contributed by atoms with Crippen LogP contribution in [0.25, 0.3) is 22.2 Å². The summed E-state index contributed by atoms with van der Waals surface area (Å²) in [5.41, 5.74) is 1.71. The molecule has 1 aromatic carbocycles. The van der Waals surface area contributed by atoms with Crippen molar-refractivity contribution < 1.29 is 27.8 Å². The Morgan fingerprint density at radius 1 is 1.09 bits per heavy atom. The van der Waals surface area contributed by atoms with E-state index < -0.39 is 16.0 Å². The maximum Gasteiger partial charge on any atom is 0.323 e. The van der Waals surface area contributed by atoms with Crippen LogP contribution in [0, 0.1) is 0 Å². The zero-order valence-corrected chi connectivity index (χ0v) is 19.1. The molecule has 0 amide bonds. The summed E-state index contributed by atoms with van der Waals surface area (Å²) in [7, 11) is -2.34. The lowest BCUT2D eigenvalue weighted by molar-refractivity contribution is -0.137. The van der Waals surface area contributed by atoms with Gasteiger partial charge in [0.15, 0.2) is 0 Å². The number of carboxylic acids is 1. The van der Waals surface area contributed by atoms with Crippen molar-refractivity contribution in [2.24, 2.45) is 0 Å². The van der Waals surface area contributed by atoms with Gasteiger partial charge in [0.25, 0.3) is 10.0 Å². The third-order valence-corrected chi connectivity index (χ3v) is 6.61. The molecule has 0 radical (unpaired) electrons. The maximum atomic E-state index is 13.1. The van der Waals surface area contributed by atoms with Crippen molar-refractivity contribution >= 4 is 27.0 Å². The first-order valence-corrected chi connectivity index (χ1v) is 11.6. The van der Waals surface area contributed by atoms with Gasteiger partial charge in [-0.3, -0.25) is 4.79 Å². The van der Waals surface area contributed by atoms with Crippen molar-refractivity contribution in [3.05, 3.63) is 61.1 Å². The number of ether oxygens (including phenoxy) is 2. The van der Waals surface area contributed by atoms with E-state index in [1.165, 1.54) is 36.2 Å². The summed E-state index contributed by atoms with van der Waals surface area (Å²) in [6.45, 7) is 3.50. The van der Waals surface area contributed by atoms with Crippen LogP contribution in [0.4, 0.5) is 0 Å². The summed E-state index contributed by atoms with van der Waals surface area (Å²) in [6.07, 6.45) is 4.59. The second kappa shape index (κ2) is 8.62. The van der Waals surface area contributed by atoms with Gasteiger partial charge in [0.1, 0.15) is 17.9 Å². The van der Waals surface area contributed by atoms with Gasteiger partial charge in [-0.1, -0.05) is 0 Å². The second-order valence-electron chi connectivity index (χ2n) is 7.66. The zero-order valence-electron chi connectivity index (χ0n) is 18.3. The van der Waals surface area contributed by atoms with Crippen LogP contribution in [0.5, 0.6) is 11.6 Å². The molecule has 0 aliphatic carbocycles. The number of methoxy groups -OCH3 is 1. The van der Waals surface area contributed by atoms with E-state index in [1.54, 1.807) is 36.5 Å². The van der Waals surface area contributed by atoms with Crippen LogP contribution in [-0.4, -0.2) is 46.2 Å². The van der Waals surface area contributed by atoms with E-state index in [0.717, 1.165) is 3.97 Å². The summed E-state index contributed by atoms with van der Waals surface area (Å²) in [5.74, 6) is -0.0803. The van der Waals surface area contributed by atoms with E-state index in [9.17, 15) is 18.3 Å². The lowest BCUT2D eigenvalue weighted by atomic mass is 10.1. The first-order valence-electron chi connectivity index (χ1n) is 10.2. The summed E-state index contributed by atoms with van der Waals surface area (Å²) in [6, 6.07) is 11.4. The van der Waals surface area contributed by atoms with E-state index in [4.69, 9.17) is 9.47 Å². The standard InChI is InChI=1S/C23H23N3O6S/c1-15(2)32-17-4-6-18(7-5-17)33(29,30)26-11-10-16(12-26)20-13-25(14-22(27)28)23-19(20)8-9-21(24-23)31-3/h4-13,15H,14H2,1-3H3,(H,27,28). The van der Waals surface area contributed by atoms with E-state index >= 15 is 0 Å². The summed E-state index contributed by atoms with van der Waals surface area (Å²) in [5, 5.41) is 9.95. The lowest BCUT2D eigenvalue weighted by Gasteiger charge is -2.10. The Morgan fingerprint density at radius 3 is 2.45 bits per heavy atom. The monoisotopic (exact) mass is 469 g/mol. The molecule has 9 nitrogen and oxygen atoms in total. The summed E-state index contributed by atoms with van der Waals surface area (Å²) >= 11 is 0. The lowest BCUT2D eigenvalue weighted by Crippen LogP contribution is -2.11. The minimum Gasteiger partial charge on any atom is -0.491 e. The average Bonchev–Trinajstić information content (AvgIpc) is 3.39. The highest BCUT2D eigenvalue weighted by Crippen LogP contribution is 2.32. The van der Waals surface area contributed by atoms with Crippen molar-refractivity contribution in [3.63, 3.8) is 0 Å². The van der Waals surface area contributed by atoms with E-state index in [2.05, 4.69) is 4.98 Å². The molecule has 0 saturated carbocycles.